The molecule has 1 aliphatic rings. The summed E-state index contributed by atoms with van der Waals surface area (Å²) in [5.41, 5.74) is -0.0250. The molecule has 1 aliphatic heterocycles. The van der Waals surface area contributed by atoms with Crippen LogP contribution in [0, 0.1) is 0 Å². The summed E-state index contributed by atoms with van der Waals surface area (Å²) in [7, 11) is 2.01. The van der Waals surface area contributed by atoms with Crippen LogP contribution in [0.3, 0.4) is 0 Å². The van der Waals surface area contributed by atoms with Gasteiger partial charge in [-0.3, -0.25) is 4.90 Å². The second kappa shape index (κ2) is 4.81. The average molecular weight is 214 g/mol. The number of rotatable bonds is 4. The van der Waals surface area contributed by atoms with Crippen molar-refractivity contribution in [3.63, 3.8) is 0 Å². The molecule has 1 rings (SSSR count). The van der Waals surface area contributed by atoms with E-state index in [4.69, 9.17) is 4.74 Å². The summed E-state index contributed by atoms with van der Waals surface area (Å²) < 4.78 is 6.04. The van der Waals surface area contributed by atoms with Gasteiger partial charge in [-0.2, -0.15) is 0 Å². The molecule has 1 N–H and O–H groups in total. The van der Waals surface area contributed by atoms with Gasteiger partial charge in [-0.1, -0.05) is 0 Å². The van der Waals surface area contributed by atoms with Crippen LogP contribution in [0.15, 0.2) is 0 Å². The topological polar surface area (TPSA) is 24.5 Å². The molecule has 3 heteroatoms. The fraction of sp³-hybridized carbons (Fsp3) is 1.00. The highest BCUT2D eigenvalue weighted by Gasteiger charge is 2.37. The van der Waals surface area contributed by atoms with E-state index in [-0.39, 0.29) is 11.2 Å². The monoisotopic (exact) mass is 214 g/mol. The molecule has 0 unspecified atom stereocenters. The highest BCUT2D eigenvalue weighted by molar-refractivity contribution is 4.88. The fourth-order valence-electron chi connectivity index (χ4n) is 2.58. The quantitative estimate of drug-likeness (QED) is 0.718. The van der Waals surface area contributed by atoms with E-state index in [0.29, 0.717) is 0 Å². The second-order valence-corrected chi connectivity index (χ2v) is 5.79. The van der Waals surface area contributed by atoms with Crippen molar-refractivity contribution in [3.05, 3.63) is 0 Å². The maximum atomic E-state index is 6.04. The maximum Gasteiger partial charge on any atom is 0.0760 e. The Bertz CT molecular complexity index is 186. The third kappa shape index (κ3) is 4.49. The van der Waals surface area contributed by atoms with E-state index >= 15 is 0 Å². The van der Waals surface area contributed by atoms with Crippen molar-refractivity contribution < 1.29 is 4.74 Å². The average Bonchev–Trinajstić information content (AvgIpc) is 1.98. The number of nitrogens with one attached hydrogen (secondary N) is 1. The molecular formula is C12H26N2O. The lowest BCUT2D eigenvalue weighted by molar-refractivity contribution is -0.180. The summed E-state index contributed by atoms with van der Waals surface area (Å²) >= 11 is 0. The SMILES string of the molecule is CNCCCN1CC(C)(C)OC(C)(C)C1. The summed E-state index contributed by atoms with van der Waals surface area (Å²) in [6, 6.07) is 0. The minimum absolute atomic E-state index is 0.0125. The molecule has 1 saturated heterocycles. The summed E-state index contributed by atoms with van der Waals surface area (Å²) in [5, 5.41) is 3.19. The number of hydrogen-bond donors (Lipinski definition) is 1. The van der Waals surface area contributed by atoms with Gasteiger partial charge < -0.3 is 10.1 Å². The van der Waals surface area contributed by atoms with Gasteiger partial charge in [0.05, 0.1) is 11.2 Å². The Balaban J connectivity index is 2.44. The van der Waals surface area contributed by atoms with E-state index in [2.05, 4.69) is 37.9 Å². The molecule has 0 bridgehead atoms. The highest BCUT2D eigenvalue weighted by atomic mass is 16.5. The molecule has 0 aromatic rings. The number of nitrogens with zero attached hydrogens (tertiary/aromatic N) is 1. The van der Waals surface area contributed by atoms with Crippen LogP contribution >= 0.6 is 0 Å². The molecule has 0 atom stereocenters. The van der Waals surface area contributed by atoms with E-state index in [1.165, 1.54) is 6.42 Å². The van der Waals surface area contributed by atoms with Gasteiger partial charge in [0.2, 0.25) is 0 Å². The third-order valence-electron chi connectivity index (χ3n) is 2.66. The van der Waals surface area contributed by atoms with Crippen molar-refractivity contribution in [2.24, 2.45) is 0 Å². The lowest BCUT2D eigenvalue weighted by Gasteiger charge is -2.47. The fourth-order valence-corrected chi connectivity index (χ4v) is 2.58. The molecular weight excluding hydrogens is 188 g/mol. The first-order valence-electron chi connectivity index (χ1n) is 5.92. The van der Waals surface area contributed by atoms with Gasteiger partial charge in [0.1, 0.15) is 0 Å². The van der Waals surface area contributed by atoms with Gasteiger partial charge in [0, 0.05) is 13.1 Å². The van der Waals surface area contributed by atoms with Gasteiger partial charge in [0.15, 0.2) is 0 Å². The largest absolute Gasteiger partial charge is 0.367 e. The van der Waals surface area contributed by atoms with Crippen molar-refractivity contribution in [1.82, 2.24) is 10.2 Å². The summed E-state index contributed by atoms with van der Waals surface area (Å²) in [6.07, 6.45) is 1.21. The number of hydrogen-bond acceptors (Lipinski definition) is 3. The zero-order chi connectivity index (χ0) is 11.5. The summed E-state index contributed by atoms with van der Waals surface area (Å²) in [4.78, 5) is 2.51. The second-order valence-electron chi connectivity index (χ2n) is 5.79. The minimum atomic E-state index is -0.0125. The molecule has 1 fully saturated rings. The first kappa shape index (κ1) is 12.9. The number of morpholine rings is 1. The predicted molar refractivity (Wildman–Crippen MR) is 64.2 cm³/mol. The van der Waals surface area contributed by atoms with Crippen LogP contribution in [0.2, 0.25) is 0 Å². The number of ether oxygens (including phenoxy) is 1. The Labute approximate surface area is 94.2 Å². The molecule has 1 heterocycles. The Morgan fingerprint density at radius 3 is 2.13 bits per heavy atom. The molecule has 0 aromatic heterocycles. The van der Waals surface area contributed by atoms with Crippen molar-refractivity contribution in [1.29, 1.82) is 0 Å². The van der Waals surface area contributed by atoms with Gasteiger partial charge >= 0.3 is 0 Å². The van der Waals surface area contributed by atoms with Gasteiger partial charge in [-0.05, 0) is 54.3 Å². The van der Waals surface area contributed by atoms with Crippen molar-refractivity contribution in [3.8, 4) is 0 Å². The van der Waals surface area contributed by atoms with E-state index in [9.17, 15) is 0 Å². The van der Waals surface area contributed by atoms with Crippen molar-refractivity contribution in [2.45, 2.75) is 45.3 Å². The van der Waals surface area contributed by atoms with E-state index in [1.807, 2.05) is 7.05 Å². The van der Waals surface area contributed by atoms with E-state index in [0.717, 1.165) is 26.2 Å². The lowest BCUT2D eigenvalue weighted by atomic mass is 9.99. The Hall–Kier alpha value is -0.120. The van der Waals surface area contributed by atoms with Crippen molar-refractivity contribution in [2.75, 3.05) is 33.2 Å². The molecule has 0 aromatic carbocycles. The van der Waals surface area contributed by atoms with E-state index in [1.54, 1.807) is 0 Å². The van der Waals surface area contributed by atoms with Crippen LogP contribution in [0.1, 0.15) is 34.1 Å². The predicted octanol–water partition coefficient (Wildman–Crippen LogP) is 1.49. The van der Waals surface area contributed by atoms with Crippen LogP contribution in [0.4, 0.5) is 0 Å². The normalized spacial score (nSPS) is 25.4. The van der Waals surface area contributed by atoms with Crippen LogP contribution < -0.4 is 5.32 Å². The molecule has 3 nitrogen and oxygen atoms in total. The van der Waals surface area contributed by atoms with Gasteiger partial charge in [-0.25, -0.2) is 0 Å². The van der Waals surface area contributed by atoms with E-state index < -0.39 is 0 Å². The first-order chi connectivity index (χ1) is 6.85. The molecule has 0 amide bonds. The van der Waals surface area contributed by atoms with Gasteiger partial charge in [0.25, 0.3) is 0 Å². The van der Waals surface area contributed by atoms with Gasteiger partial charge in [-0.15, -0.1) is 0 Å². The molecule has 90 valence electrons. The van der Waals surface area contributed by atoms with Crippen LogP contribution in [0.25, 0.3) is 0 Å². The molecule has 15 heavy (non-hydrogen) atoms. The summed E-state index contributed by atoms with van der Waals surface area (Å²) in [6.45, 7) is 13.1. The maximum absolute atomic E-state index is 6.04. The molecule has 0 spiro atoms. The van der Waals surface area contributed by atoms with Crippen LogP contribution in [0.5, 0.6) is 0 Å². The van der Waals surface area contributed by atoms with Crippen molar-refractivity contribution >= 4 is 0 Å². The Morgan fingerprint density at radius 1 is 1.13 bits per heavy atom. The molecule has 0 radical (unpaired) electrons. The standard InChI is InChI=1S/C12H26N2O/c1-11(2)9-14(8-6-7-13-5)10-12(3,4)15-11/h13H,6-10H2,1-5H3. The van der Waals surface area contributed by atoms with Crippen LogP contribution in [-0.2, 0) is 4.74 Å². The minimum Gasteiger partial charge on any atom is -0.367 e. The molecule has 0 aliphatic carbocycles. The third-order valence-corrected chi connectivity index (χ3v) is 2.66. The zero-order valence-corrected chi connectivity index (χ0v) is 10.9. The summed E-state index contributed by atoms with van der Waals surface area (Å²) in [5.74, 6) is 0. The Morgan fingerprint density at radius 2 is 1.67 bits per heavy atom. The first-order valence-corrected chi connectivity index (χ1v) is 5.92. The smallest absolute Gasteiger partial charge is 0.0760 e. The lowest BCUT2D eigenvalue weighted by Crippen LogP contribution is -2.57. The Kier molecular flexibility index (Phi) is 4.15. The highest BCUT2D eigenvalue weighted by Crippen LogP contribution is 2.27. The molecule has 0 saturated carbocycles. The van der Waals surface area contributed by atoms with Crippen LogP contribution in [-0.4, -0.2) is 49.3 Å². The zero-order valence-electron chi connectivity index (χ0n) is 10.9.